The van der Waals surface area contributed by atoms with Crippen LogP contribution in [0.25, 0.3) is 10.9 Å². The average Bonchev–Trinajstić information content (AvgIpc) is 2.95. The number of rotatable bonds is 2. The highest BCUT2D eigenvalue weighted by Gasteiger charge is 2.18. The van der Waals surface area contributed by atoms with Crippen LogP contribution in [0, 0.1) is 0 Å². The van der Waals surface area contributed by atoms with Gasteiger partial charge in [0.1, 0.15) is 5.82 Å². The number of fused-ring (bicyclic) bond motifs is 2. The maximum absolute atomic E-state index is 6.14. The minimum atomic E-state index is 0.657. The van der Waals surface area contributed by atoms with E-state index in [-0.39, 0.29) is 0 Å². The van der Waals surface area contributed by atoms with Crippen molar-refractivity contribution >= 4 is 28.1 Å². The third kappa shape index (κ3) is 2.41. The Hall–Kier alpha value is -1.91. The van der Waals surface area contributed by atoms with E-state index < -0.39 is 0 Å². The molecular formula is C17H17N3S. The van der Waals surface area contributed by atoms with E-state index in [1.165, 1.54) is 10.4 Å². The van der Waals surface area contributed by atoms with E-state index in [2.05, 4.69) is 33.5 Å². The Labute approximate surface area is 128 Å². The summed E-state index contributed by atoms with van der Waals surface area (Å²) in [7, 11) is 0. The van der Waals surface area contributed by atoms with Crippen LogP contribution in [-0.2, 0) is 19.5 Å². The van der Waals surface area contributed by atoms with Gasteiger partial charge in [-0.3, -0.25) is 4.90 Å². The SMILES string of the molecule is Nc1nc2ccccc2cc1CN1CCc2sccc2C1. The molecule has 2 aromatic heterocycles. The number of para-hydroxylation sites is 1. The predicted octanol–water partition coefficient (Wildman–Crippen LogP) is 3.44. The molecule has 0 saturated carbocycles. The number of nitrogen functional groups attached to an aromatic ring is 1. The molecule has 1 aromatic carbocycles. The first-order valence-corrected chi connectivity index (χ1v) is 8.09. The van der Waals surface area contributed by atoms with E-state index in [0.717, 1.165) is 42.5 Å². The van der Waals surface area contributed by atoms with E-state index in [1.807, 2.05) is 29.5 Å². The molecule has 0 unspecified atom stereocenters. The maximum Gasteiger partial charge on any atom is 0.128 e. The van der Waals surface area contributed by atoms with Crippen molar-refractivity contribution < 1.29 is 0 Å². The molecule has 0 radical (unpaired) electrons. The molecule has 0 spiro atoms. The highest BCUT2D eigenvalue weighted by molar-refractivity contribution is 7.10. The van der Waals surface area contributed by atoms with Crippen molar-refractivity contribution in [3.05, 3.63) is 57.8 Å². The number of aromatic nitrogens is 1. The Balaban J connectivity index is 1.61. The summed E-state index contributed by atoms with van der Waals surface area (Å²) in [5.74, 6) is 0.657. The Kier molecular flexibility index (Phi) is 3.13. The second kappa shape index (κ2) is 5.13. The van der Waals surface area contributed by atoms with Crippen molar-refractivity contribution in [2.75, 3.05) is 12.3 Å². The highest BCUT2D eigenvalue weighted by atomic mass is 32.1. The lowest BCUT2D eigenvalue weighted by molar-refractivity contribution is 0.248. The molecule has 0 fully saturated rings. The summed E-state index contributed by atoms with van der Waals surface area (Å²) in [5, 5.41) is 3.36. The lowest BCUT2D eigenvalue weighted by Crippen LogP contribution is -2.29. The zero-order valence-corrected chi connectivity index (χ0v) is 12.6. The van der Waals surface area contributed by atoms with Gasteiger partial charge in [-0.15, -0.1) is 11.3 Å². The number of hydrogen-bond donors (Lipinski definition) is 1. The van der Waals surface area contributed by atoms with Gasteiger partial charge in [0, 0.05) is 35.5 Å². The molecule has 0 amide bonds. The van der Waals surface area contributed by atoms with Gasteiger partial charge in [0.25, 0.3) is 0 Å². The van der Waals surface area contributed by atoms with Crippen molar-refractivity contribution in [3.8, 4) is 0 Å². The van der Waals surface area contributed by atoms with Crippen LogP contribution in [0.15, 0.2) is 41.8 Å². The fraction of sp³-hybridized carbons (Fsp3) is 0.235. The first kappa shape index (κ1) is 12.8. The van der Waals surface area contributed by atoms with Gasteiger partial charge in [-0.1, -0.05) is 18.2 Å². The van der Waals surface area contributed by atoms with Gasteiger partial charge in [0.05, 0.1) is 5.52 Å². The van der Waals surface area contributed by atoms with Crippen LogP contribution in [0.1, 0.15) is 16.0 Å². The predicted molar refractivity (Wildman–Crippen MR) is 88.3 cm³/mol. The summed E-state index contributed by atoms with van der Waals surface area (Å²) in [4.78, 5) is 8.52. The standard InChI is InChI=1S/C17H17N3S/c18-17-14(9-12-3-1-2-4-15(12)19-17)11-20-7-5-16-13(10-20)6-8-21-16/h1-4,6,8-9H,5,7,10-11H2,(H2,18,19). The van der Waals surface area contributed by atoms with Crippen molar-refractivity contribution in [2.45, 2.75) is 19.5 Å². The maximum atomic E-state index is 6.14. The normalized spacial score (nSPS) is 15.2. The third-order valence-corrected chi connectivity index (χ3v) is 5.14. The van der Waals surface area contributed by atoms with E-state index >= 15 is 0 Å². The fourth-order valence-electron chi connectivity index (χ4n) is 2.98. The largest absolute Gasteiger partial charge is 0.383 e. The summed E-state index contributed by atoms with van der Waals surface area (Å²) < 4.78 is 0. The number of nitrogens with zero attached hydrogens (tertiary/aromatic N) is 2. The molecule has 4 heteroatoms. The van der Waals surface area contributed by atoms with Crippen LogP contribution in [0.2, 0.25) is 0 Å². The topological polar surface area (TPSA) is 42.1 Å². The van der Waals surface area contributed by atoms with Crippen LogP contribution in [0.3, 0.4) is 0 Å². The minimum absolute atomic E-state index is 0.657. The first-order chi connectivity index (χ1) is 10.3. The summed E-state index contributed by atoms with van der Waals surface area (Å²) in [6.45, 7) is 2.99. The minimum Gasteiger partial charge on any atom is -0.383 e. The zero-order valence-electron chi connectivity index (χ0n) is 11.7. The summed E-state index contributed by atoms with van der Waals surface area (Å²) in [6.07, 6.45) is 1.15. The number of benzene rings is 1. The molecule has 1 aliphatic rings. The third-order valence-electron chi connectivity index (χ3n) is 4.12. The monoisotopic (exact) mass is 295 g/mol. The number of thiophene rings is 1. The van der Waals surface area contributed by atoms with Gasteiger partial charge >= 0.3 is 0 Å². The summed E-state index contributed by atoms with van der Waals surface area (Å²) in [5.41, 5.74) is 9.72. The molecule has 0 aliphatic carbocycles. The van der Waals surface area contributed by atoms with E-state index in [4.69, 9.17) is 5.73 Å². The zero-order chi connectivity index (χ0) is 14.2. The molecule has 3 heterocycles. The molecular weight excluding hydrogens is 278 g/mol. The van der Waals surface area contributed by atoms with Crippen LogP contribution in [0.5, 0.6) is 0 Å². The lowest BCUT2D eigenvalue weighted by Gasteiger charge is -2.27. The quantitative estimate of drug-likeness (QED) is 0.787. The molecule has 4 rings (SSSR count). The number of nitrogens with two attached hydrogens (primary N) is 1. The van der Waals surface area contributed by atoms with Crippen molar-refractivity contribution in [3.63, 3.8) is 0 Å². The second-order valence-electron chi connectivity index (χ2n) is 5.56. The van der Waals surface area contributed by atoms with Gasteiger partial charge in [0.2, 0.25) is 0 Å². The van der Waals surface area contributed by atoms with E-state index in [0.29, 0.717) is 5.82 Å². The Morgan fingerprint density at radius 2 is 2.14 bits per heavy atom. The van der Waals surface area contributed by atoms with E-state index in [9.17, 15) is 0 Å². The molecule has 21 heavy (non-hydrogen) atoms. The Bertz CT molecular complexity index is 794. The number of pyridine rings is 1. The van der Waals surface area contributed by atoms with Gasteiger partial charge in [-0.2, -0.15) is 0 Å². The van der Waals surface area contributed by atoms with Crippen molar-refractivity contribution in [1.29, 1.82) is 0 Å². The van der Waals surface area contributed by atoms with Crippen LogP contribution < -0.4 is 5.73 Å². The molecule has 0 saturated heterocycles. The summed E-state index contributed by atoms with van der Waals surface area (Å²) in [6, 6.07) is 12.6. The molecule has 106 valence electrons. The van der Waals surface area contributed by atoms with E-state index in [1.54, 1.807) is 0 Å². The molecule has 3 nitrogen and oxygen atoms in total. The van der Waals surface area contributed by atoms with Gasteiger partial charge < -0.3 is 5.73 Å². The smallest absolute Gasteiger partial charge is 0.128 e. The molecule has 0 atom stereocenters. The fourth-order valence-corrected chi connectivity index (χ4v) is 3.87. The van der Waals surface area contributed by atoms with Crippen LogP contribution >= 0.6 is 11.3 Å². The number of hydrogen-bond acceptors (Lipinski definition) is 4. The van der Waals surface area contributed by atoms with Gasteiger partial charge in [0.15, 0.2) is 0 Å². The average molecular weight is 295 g/mol. The van der Waals surface area contributed by atoms with Crippen molar-refractivity contribution in [1.82, 2.24) is 9.88 Å². The van der Waals surface area contributed by atoms with Gasteiger partial charge in [-0.05, 0) is 35.6 Å². The Morgan fingerprint density at radius 1 is 1.24 bits per heavy atom. The van der Waals surface area contributed by atoms with Crippen LogP contribution in [-0.4, -0.2) is 16.4 Å². The molecule has 2 N–H and O–H groups in total. The molecule has 3 aromatic rings. The Morgan fingerprint density at radius 3 is 3.10 bits per heavy atom. The second-order valence-corrected chi connectivity index (χ2v) is 6.56. The highest BCUT2D eigenvalue weighted by Crippen LogP contribution is 2.26. The first-order valence-electron chi connectivity index (χ1n) is 7.21. The van der Waals surface area contributed by atoms with Crippen LogP contribution in [0.4, 0.5) is 5.82 Å². The van der Waals surface area contributed by atoms with Gasteiger partial charge in [-0.25, -0.2) is 4.98 Å². The molecule has 0 bridgehead atoms. The number of anilines is 1. The summed E-state index contributed by atoms with van der Waals surface area (Å²) >= 11 is 1.88. The van der Waals surface area contributed by atoms with Crippen molar-refractivity contribution in [2.24, 2.45) is 0 Å². The molecule has 1 aliphatic heterocycles. The lowest BCUT2D eigenvalue weighted by atomic mass is 10.1.